The summed E-state index contributed by atoms with van der Waals surface area (Å²) in [7, 11) is 0. The van der Waals surface area contributed by atoms with Gasteiger partial charge in [-0.25, -0.2) is 0 Å². The highest BCUT2D eigenvalue weighted by atomic mass is 15.1. The molecule has 5 heteroatoms. The van der Waals surface area contributed by atoms with Gasteiger partial charge in [0.25, 0.3) is 0 Å². The summed E-state index contributed by atoms with van der Waals surface area (Å²) in [6.45, 7) is 4.02. The summed E-state index contributed by atoms with van der Waals surface area (Å²) in [6.07, 6.45) is 2.80. The number of nitrogens with one attached hydrogen (secondary N) is 1. The molecule has 0 fully saturated rings. The molecule has 0 saturated carbocycles. The van der Waals surface area contributed by atoms with Crippen molar-refractivity contribution in [3.63, 3.8) is 0 Å². The van der Waals surface area contributed by atoms with Gasteiger partial charge in [0.05, 0.1) is 30.9 Å². The number of aromatic nitrogens is 1. The monoisotopic (exact) mass is 243 g/mol. The second-order valence-corrected chi connectivity index (χ2v) is 3.92. The molecule has 1 aromatic rings. The highest BCUT2D eigenvalue weighted by Gasteiger charge is 2.06. The van der Waals surface area contributed by atoms with Crippen LogP contribution in [0.2, 0.25) is 0 Å². The topological polar surface area (TPSA) is 75.7 Å². The van der Waals surface area contributed by atoms with Gasteiger partial charge in [0.15, 0.2) is 0 Å². The molecule has 1 aromatic heterocycles. The third-order valence-corrected chi connectivity index (χ3v) is 2.37. The summed E-state index contributed by atoms with van der Waals surface area (Å²) in [5, 5.41) is 20.6. The van der Waals surface area contributed by atoms with E-state index in [1.54, 1.807) is 11.1 Å². The summed E-state index contributed by atoms with van der Waals surface area (Å²) in [6, 6.07) is 7.98. The molecule has 0 aromatic carbocycles. The number of nitriles is 2. The van der Waals surface area contributed by atoms with Crippen LogP contribution in [-0.2, 0) is 6.54 Å². The van der Waals surface area contributed by atoms with Gasteiger partial charge in [0.1, 0.15) is 0 Å². The summed E-state index contributed by atoms with van der Waals surface area (Å²) < 4.78 is 0. The zero-order valence-corrected chi connectivity index (χ0v) is 10.6. The number of hydrogen-bond donors (Lipinski definition) is 1. The van der Waals surface area contributed by atoms with Crippen molar-refractivity contribution in [3.8, 4) is 12.1 Å². The Labute approximate surface area is 108 Å². The first-order chi connectivity index (χ1) is 8.80. The Bertz CT molecular complexity index is 427. The Morgan fingerprint density at radius 2 is 2.06 bits per heavy atom. The molecule has 0 aliphatic heterocycles. The third kappa shape index (κ3) is 4.82. The normalized spacial score (nSPS) is 9.78. The van der Waals surface area contributed by atoms with Gasteiger partial charge in [-0.2, -0.15) is 10.5 Å². The van der Waals surface area contributed by atoms with Gasteiger partial charge in [-0.05, 0) is 18.6 Å². The Hall–Kier alpha value is -2.11. The highest BCUT2D eigenvalue weighted by molar-refractivity contribution is 5.43. The fourth-order valence-corrected chi connectivity index (χ4v) is 1.54. The van der Waals surface area contributed by atoms with Crippen molar-refractivity contribution >= 4 is 5.69 Å². The average molecular weight is 243 g/mol. The molecule has 0 amide bonds. The van der Waals surface area contributed by atoms with E-state index in [9.17, 15) is 0 Å². The molecule has 5 nitrogen and oxygen atoms in total. The van der Waals surface area contributed by atoms with E-state index in [0.29, 0.717) is 6.54 Å². The van der Waals surface area contributed by atoms with Crippen molar-refractivity contribution < 1.29 is 0 Å². The molecule has 94 valence electrons. The van der Waals surface area contributed by atoms with Crippen LogP contribution in [0.25, 0.3) is 0 Å². The molecular weight excluding hydrogens is 226 g/mol. The van der Waals surface area contributed by atoms with Crippen LogP contribution >= 0.6 is 0 Å². The lowest BCUT2D eigenvalue weighted by atomic mass is 10.3. The van der Waals surface area contributed by atoms with Crippen LogP contribution in [-0.4, -0.2) is 29.5 Å². The Balaban J connectivity index is 2.65. The standard InChI is InChI=1S/C13H17N5/c1-2-6-16-12-3-7-17-13(10-12)11-18(8-4-14)9-5-15/h3,7,10H,2,6,8-9,11H2,1H3,(H,16,17). The lowest BCUT2D eigenvalue weighted by Crippen LogP contribution is -2.24. The van der Waals surface area contributed by atoms with E-state index in [1.165, 1.54) is 0 Å². The van der Waals surface area contributed by atoms with E-state index < -0.39 is 0 Å². The van der Waals surface area contributed by atoms with Gasteiger partial charge in [0.2, 0.25) is 0 Å². The summed E-state index contributed by atoms with van der Waals surface area (Å²) in [4.78, 5) is 6.01. The first kappa shape index (κ1) is 14.0. The maximum Gasteiger partial charge on any atom is 0.0877 e. The van der Waals surface area contributed by atoms with Crippen molar-refractivity contribution in [3.05, 3.63) is 24.0 Å². The molecule has 0 aliphatic carbocycles. The lowest BCUT2D eigenvalue weighted by molar-refractivity contribution is 0.330. The molecule has 0 aliphatic rings. The van der Waals surface area contributed by atoms with Crippen molar-refractivity contribution in [2.45, 2.75) is 19.9 Å². The fraction of sp³-hybridized carbons (Fsp3) is 0.462. The predicted octanol–water partition coefficient (Wildman–Crippen LogP) is 1.75. The molecule has 18 heavy (non-hydrogen) atoms. The number of rotatable bonds is 7. The minimum atomic E-state index is 0.238. The largest absolute Gasteiger partial charge is 0.385 e. The molecule has 0 radical (unpaired) electrons. The molecule has 1 heterocycles. The van der Waals surface area contributed by atoms with Crippen molar-refractivity contribution in [2.24, 2.45) is 0 Å². The Morgan fingerprint density at radius 3 is 2.67 bits per heavy atom. The van der Waals surface area contributed by atoms with Crippen LogP contribution < -0.4 is 5.32 Å². The minimum absolute atomic E-state index is 0.238. The van der Waals surface area contributed by atoms with Crippen molar-refractivity contribution in [2.75, 3.05) is 25.0 Å². The predicted molar refractivity (Wildman–Crippen MR) is 69.5 cm³/mol. The molecule has 0 saturated heterocycles. The molecule has 0 atom stereocenters. The second-order valence-electron chi connectivity index (χ2n) is 3.92. The molecule has 1 rings (SSSR count). The number of anilines is 1. The first-order valence-corrected chi connectivity index (χ1v) is 5.95. The smallest absolute Gasteiger partial charge is 0.0877 e. The maximum absolute atomic E-state index is 8.68. The van der Waals surface area contributed by atoms with Gasteiger partial charge in [-0.3, -0.25) is 9.88 Å². The van der Waals surface area contributed by atoms with Gasteiger partial charge >= 0.3 is 0 Å². The van der Waals surface area contributed by atoms with E-state index >= 15 is 0 Å². The summed E-state index contributed by atoms with van der Waals surface area (Å²) >= 11 is 0. The quantitative estimate of drug-likeness (QED) is 0.738. The van der Waals surface area contributed by atoms with Crippen LogP contribution in [0.5, 0.6) is 0 Å². The minimum Gasteiger partial charge on any atom is -0.385 e. The highest BCUT2D eigenvalue weighted by Crippen LogP contribution is 2.09. The van der Waals surface area contributed by atoms with Crippen LogP contribution in [0.3, 0.4) is 0 Å². The van der Waals surface area contributed by atoms with E-state index in [1.807, 2.05) is 12.1 Å². The van der Waals surface area contributed by atoms with Gasteiger partial charge in [-0.15, -0.1) is 0 Å². The van der Waals surface area contributed by atoms with Crippen LogP contribution in [0.4, 0.5) is 5.69 Å². The second kappa shape index (κ2) is 8.05. The van der Waals surface area contributed by atoms with Gasteiger partial charge < -0.3 is 5.32 Å². The van der Waals surface area contributed by atoms with E-state index in [4.69, 9.17) is 10.5 Å². The first-order valence-electron chi connectivity index (χ1n) is 5.95. The number of pyridine rings is 1. The van der Waals surface area contributed by atoms with Crippen molar-refractivity contribution in [1.29, 1.82) is 10.5 Å². The Kier molecular flexibility index (Phi) is 6.24. The zero-order valence-electron chi connectivity index (χ0n) is 10.6. The maximum atomic E-state index is 8.68. The average Bonchev–Trinajstić information content (AvgIpc) is 2.37. The van der Waals surface area contributed by atoms with E-state index in [-0.39, 0.29) is 13.1 Å². The summed E-state index contributed by atoms with van der Waals surface area (Å²) in [5.74, 6) is 0. The molecule has 1 N–H and O–H groups in total. The summed E-state index contributed by atoms with van der Waals surface area (Å²) in [5.41, 5.74) is 1.89. The van der Waals surface area contributed by atoms with E-state index in [0.717, 1.165) is 24.3 Å². The number of nitrogens with zero attached hydrogens (tertiary/aromatic N) is 4. The SMILES string of the molecule is CCCNc1ccnc(CN(CC#N)CC#N)c1. The van der Waals surface area contributed by atoms with Gasteiger partial charge in [0, 0.05) is 25.0 Å². The van der Waals surface area contributed by atoms with Crippen molar-refractivity contribution in [1.82, 2.24) is 9.88 Å². The molecule has 0 unspecified atom stereocenters. The van der Waals surface area contributed by atoms with Crippen LogP contribution in [0.15, 0.2) is 18.3 Å². The zero-order chi connectivity index (χ0) is 13.2. The lowest BCUT2D eigenvalue weighted by Gasteiger charge is -2.15. The Morgan fingerprint density at radius 1 is 1.33 bits per heavy atom. The third-order valence-electron chi connectivity index (χ3n) is 2.37. The number of hydrogen-bond acceptors (Lipinski definition) is 5. The van der Waals surface area contributed by atoms with Gasteiger partial charge in [-0.1, -0.05) is 6.92 Å². The van der Waals surface area contributed by atoms with Crippen LogP contribution in [0, 0.1) is 22.7 Å². The van der Waals surface area contributed by atoms with Crippen LogP contribution in [0.1, 0.15) is 19.0 Å². The van der Waals surface area contributed by atoms with E-state index in [2.05, 4.69) is 29.4 Å². The fourth-order valence-electron chi connectivity index (χ4n) is 1.54. The molecule has 0 spiro atoms. The molecular formula is C13H17N5. The molecule has 0 bridgehead atoms.